The number of hydrogen-bond donors (Lipinski definition) is 2. The summed E-state index contributed by atoms with van der Waals surface area (Å²) in [5, 5.41) is 0. The number of piperidine rings is 1. The Morgan fingerprint density at radius 1 is 1.33 bits per heavy atom. The number of hydrogen-bond acceptors (Lipinski definition) is 5. The van der Waals surface area contributed by atoms with E-state index in [1.165, 1.54) is 13.1 Å². The Bertz CT molecular complexity index is 699. The minimum absolute atomic E-state index is 0.0690. The van der Waals surface area contributed by atoms with Gasteiger partial charge in [-0.15, -0.1) is 0 Å². The van der Waals surface area contributed by atoms with Gasteiger partial charge in [-0.25, -0.2) is 8.42 Å². The van der Waals surface area contributed by atoms with E-state index in [-0.39, 0.29) is 29.3 Å². The van der Waals surface area contributed by atoms with Crippen LogP contribution < -0.4 is 10.5 Å². The first-order valence-electron chi connectivity index (χ1n) is 6.41. The number of nitrogens with zero attached hydrogens (tertiary/aromatic N) is 1. The van der Waals surface area contributed by atoms with Crippen LogP contribution in [0, 0.1) is 6.92 Å². The minimum Gasteiger partial charge on any atom is -0.398 e. The summed E-state index contributed by atoms with van der Waals surface area (Å²) in [6.45, 7) is 1.80. The number of nitrogens with one attached hydrogen (secondary N) is 1. The van der Waals surface area contributed by atoms with Gasteiger partial charge in [-0.05, 0) is 31.0 Å². The number of carbonyl (C=O) groups excluding carboxylic acids is 2. The number of likely N-dealkylation sites (N-methyl/N-ethyl adjacent to an activating group) is 1. The summed E-state index contributed by atoms with van der Waals surface area (Å²) >= 11 is 0. The summed E-state index contributed by atoms with van der Waals surface area (Å²) in [5.41, 5.74) is 6.69. The lowest BCUT2D eigenvalue weighted by molar-refractivity contribution is -0.147. The molecular weight excluding hydrogens is 294 g/mol. The molecule has 114 valence electrons. The highest BCUT2D eigenvalue weighted by atomic mass is 32.2. The lowest BCUT2D eigenvalue weighted by atomic mass is 10.1. The Morgan fingerprint density at radius 2 is 2.00 bits per heavy atom. The van der Waals surface area contributed by atoms with E-state index < -0.39 is 22.0 Å². The number of benzene rings is 1. The van der Waals surface area contributed by atoms with Crippen LogP contribution in [0.3, 0.4) is 0 Å². The van der Waals surface area contributed by atoms with Gasteiger partial charge in [-0.2, -0.15) is 4.72 Å². The quantitative estimate of drug-likeness (QED) is 0.603. The van der Waals surface area contributed by atoms with Crippen molar-refractivity contribution in [2.45, 2.75) is 30.7 Å². The second-order valence-electron chi connectivity index (χ2n) is 5.04. The topological polar surface area (TPSA) is 110 Å². The van der Waals surface area contributed by atoms with Gasteiger partial charge in [-0.3, -0.25) is 14.5 Å². The minimum atomic E-state index is -3.91. The van der Waals surface area contributed by atoms with E-state index in [0.29, 0.717) is 0 Å². The van der Waals surface area contributed by atoms with Gasteiger partial charge in [0.2, 0.25) is 21.8 Å². The van der Waals surface area contributed by atoms with E-state index in [1.807, 2.05) is 0 Å². The third kappa shape index (κ3) is 3.06. The number of likely N-dealkylation sites (tertiary alicyclic amines) is 1. The first-order chi connectivity index (χ1) is 9.72. The number of rotatable bonds is 3. The smallest absolute Gasteiger partial charge is 0.247 e. The highest BCUT2D eigenvalue weighted by molar-refractivity contribution is 7.89. The SMILES string of the molecule is Cc1ccc(S(=O)(=O)NC2CCC(=O)N(C)C2=O)c(N)c1. The molecule has 21 heavy (non-hydrogen) atoms. The lowest BCUT2D eigenvalue weighted by Crippen LogP contribution is -2.52. The lowest BCUT2D eigenvalue weighted by Gasteiger charge is -2.28. The normalized spacial score (nSPS) is 19.9. The number of nitrogen functional groups attached to an aromatic ring is 1. The predicted molar refractivity (Wildman–Crippen MR) is 76.7 cm³/mol. The number of carbonyl (C=O) groups is 2. The van der Waals surface area contributed by atoms with Crippen LogP contribution in [0.4, 0.5) is 5.69 Å². The summed E-state index contributed by atoms with van der Waals surface area (Å²) in [6, 6.07) is 3.63. The van der Waals surface area contributed by atoms with E-state index in [0.717, 1.165) is 10.5 Å². The van der Waals surface area contributed by atoms with Crippen molar-refractivity contribution < 1.29 is 18.0 Å². The Labute approximate surface area is 123 Å². The second kappa shape index (κ2) is 5.45. The van der Waals surface area contributed by atoms with Gasteiger partial charge in [0.1, 0.15) is 10.9 Å². The molecule has 1 aliphatic heterocycles. The van der Waals surface area contributed by atoms with Crippen LogP contribution in [-0.2, 0) is 19.6 Å². The van der Waals surface area contributed by atoms with E-state index >= 15 is 0 Å². The number of nitrogens with two attached hydrogens (primary N) is 1. The summed E-state index contributed by atoms with van der Waals surface area (Å²) in [5.74, 6) is -0.870. The van der Waals surface area contributed by atoms with Crippen molar-refractivity contribution in [3.8, 4) is 0 Å². The summed E-state index contributed by atoms with van der Waals surface area (Å²) in [6.07, 6.45) is 0.270. The number of sulfonamides is 1. The van der Waals surface area contributed by atoms with E-state index in [4.69, 9.17) is 5.73 Å². The molecule has 1 aromatic rings. The van der Waals surface area contributed by atoms with Crippen molar-refractivity contribution in [2.24, 2.45) is 0 Å². The molecule has 0 spiro atoms. The van der Waals surface area contributed by atoms with Crippen molar-refractivity contribution in [3.63, 3.8) is 0 Å². The number of anilines is 1. The summed E-state index contributed by atoms with van der Waals surface area (Å²) in [4.78, 5) is 24.2. The van der Waals surface area contributed by atoms with Crippen molar-refractivity contribution in [1.82, 2.24) is 9.62 Å². The predicted octanol–water partition coefficient (Wildman–Crippen LogP) is 0.00292. The molecule has 1 saturated heterocycles. The second-order valence-corrected chi connectivity index (χ2v) is 6.73. The molecule has 0 bridgehead atoms. The maximum absolute atomic E-state index is 12.3. The van der Waals surface area contributed by atoms with Crippen LogP contribution in [0.2, 0.25) is 0 Å². The average Bonchev–Trinajstić information content (AvgIpc) is 2.39. The fourth-order valence-electron chi connectivity index (χ4n) is 2.19. The molecule has 0 saturated carbocycles. The van der Waals surface area contributed by atoms with Crippen LogP contribution in [0.1, 0.15) is 18.4 Å². The van der Waals surface area contributed by atoms with E-state index in [2.05, 4.69) is 4.72 Å². The van der Waals surface area contributed by atoms with Gasteiger partial charge < -0.3 is 5.73 Å². The van der Waals surface area contributed by atoms with Crippen molar-refractivity contribution in [3.05, 3.63) is 23.8 Å². The number of amides is 2. The van der Waals surface area contributed by atoms with Crippen molar-refractivity contribution in [2.75, 3.05) is 12.8 Å². The third-order valence-corrected chi connectivity index (χ3v) is 4.95. The molecule has 1 atom stereocenters. The van der Waals surface area contributed by atoms with Gasteiger partial charge in [0.25, 0.3) is 0 Å². The average molecular weight is 311 g/mol. The van der Waals surface area contributed by atoms with Crippen LogP contribution >= 0.6 is 0 Å². The monoisotopic (exact) mass is 311 g/mol. The molecule has 0 aromatic heterocycles. The molecule has 1 aromatic carbocycles. The van der Waals surface area contributed by atoms with Gasteiger partial charge >= 0.3 is 0 Å². The molecule has 3 N–H and O–H groups in total. The Balaban J connectivity index is 2.25. The fraction of sp³-hybridized carbons (Fsp3) is 0.385. The van der Waals surface area contributed by atoms with E-state index in [1.54, 1.807) is 19.1 Å². The maximum Gasteiger partial charge on any atom is 0.247 e. The zero-order valence-corrected chi connectivity index (χ0v) is 12.6. The molecule has 8 heteroatoms. The maximum atomic E-state index is 12.3. The van der Waals surface area contributed by atoms with Gasteiger partial charge in [0, 0.05) is 13.5 Å². The Kier molecular flexibility index (Phi) is 4.02. The zero-order chi connectivity index (χ0) is 15.8. The van der Waals surface area contributed by atoms with Crippen LogP contribution in [0.25, 0.3) is 0 Å². The van der Waals surface area contributed by atoms with Gasteiger partial charge in [0.15, 0.2) is 0 Å². The van der Waals surface area contributed by atoms with Crippen LogP contribution in [-0.4, -0.2) is 38.2 Å². The molecule has 1 aliphatic rings. The number of aryl methyl sites for hydroxylation is 1. The highest BCUT2D eigenvalue weighted by Crippen LogP contribution is 2.21. The summed E-state index contributed by atoms with van der Waals surface area (Å²) in [7, 11) is -2.58. The molecule has 2 rings (SSSR count). The summed E-state index contributed by atoms with van der Waals surface area (Å²) < 4.78 is 27.0. The molecule has 2 amide bonds. The Hall–Kier alpha value is -1.93. The Morgan fingerprint density at radius 3 is 2.62 bits per heavy atom. The molecule has 1 unspecified atom stereocenters. The molecule has 7 nitrogen and oxygen atoms in total. The highest BCUT2D eigenvalue weighted by Gasteiger charge is 2.35. The van der Waals surface area contributed by atoms with Crippen molar-refractivity contribution in [1.29, 1.82) is 0 Å². The van der Waals surface area contributed by atoms with Gasteiger partial charge in [0.05, 0.1) is 5.69 Å². The zero-order valence-electron chi connectivity index (χ0n) is 11.8. The molecular formula is C13H17N3O4S. The van der Waals surface area contributed by atoms with Gasteiger partial charge in [-0.1, -0.05) is 6.07 Å². The van der Waals surface area contributed by atoms with Crippen LogP contribution in [0.5, 0.6) is 0 Å². The molecule has 0 aliphatic carbocycles. The van der Waals surface area contributed by atoms with Crippen molar-refractivity contribution >= 4 is 27.5 Å². The largest absolute Gasteiger partial charge is 0.398 e. The number of imide groups is 1. The van der Waals surface area contributed by atoms with Crippen LogP contribution in [0.15, 0.2) is 23.1 Å². The standard InChI is InChI=1S/C13H17N3O4S/c1-8-3-5-11(9(14)7-8)21(19,20)15-10-4-6-12(17)16(2)13(10)18/h3,5,7,10,15H,4,6,14H2,1-2H3. The fourth-order valence-corrected chi connectivity index (χ4v) is 3.52. The first kappa shape index (κ1) is 15.5. The molecule has 1 heterocycles. The molecule has 0 radical (unpaired) electrons. The molecule has 1 fully saturated rings. The first-order valence-corrected chi connectivity index (χ1v) is 7.89. The third-order valence-electron chi connectivity index (χ3n) is 3.40. The van der Waals surface area contributed by atoms with E-state index in [9.17, 15) is 18.0 Å².